The number of aromatic nitrogens is 2. The molecular formula is C28H25FN4O3. The smallest absolute Gasteiger partial charge is 0.279 e. The molecule has 0 aliphatic carbocycles. The molecule has 0 bridgehead atoms. The molecule has 1 N–H and O–H groups in total. The van der Waals surface area contributed by atoms with Crippen molar-refractivity contribution < 1.29 is 18.7 Å². The maximum Gasteiger partial charge on any atom is 0.279 e. The summed E-state index contributed by atoms with van der Waals surface area (Å²) < 4.78 is 19.3. The first-order valence-electron chi connectivity index (χ1n) is 11.4. The molecule has 0 fully saturated rings. The second-order valence-electron chi connectivity index (χ2n) is 7.97. The second kappa shape index (κ2) is 11.2. The number of carbonyl (C=O) groups excluding carboxylic acids is 2. The summed E-state index contributed by atoms with van der Waals surface area (Å²) >= 11 is 0. The van der Waals surface area contributed by atoms with Gasteiger partial charge in [-0.2, -0.15) is 0 Å². The molecular weight excluding hydrogens is 459 g/mol. The molecule has 0 aliphatic rings. The fourth-order valence-electron chi connectivity index (χ4n) is 3.76. The van der Waals surface area contributed by atoms with E-state index in [0.717, 1.165) is 5.56 Å². The molecule has 2 amide bonds. The zero-order valence-electron chi connectivity index (χ0n) is 19.9. The number of aryl methyl sites for hydroxylation is 1. The highest BCUT2D eigenvalue weighted by atomic mass is 19.1. The van der Waals surface area contributed by atoms with Gasteiger partial charge in [0.05, 0.1) is 12.8 Å². The van der Waals surface area contributed by atoms with Gasteiger partial charge in [-0.1, -0.05) is 35.9 Å². The number of para-hydroxylation sites is 1. The van der Waals surface area contributed by atoms with Gasteiger partial charge in [0, 0.05) is 29.3 Å². The van der Waals surface area contributed by atoms with Gasteiger partial charge in [-0.05, 0) is 56.3 Å². The van der Waals surface area contributed by atoms with Crippen molar-refractivity contribution in [3.63, 3.8) is 0 Å². The van der Waals surface area contributed by atoms with Crippen molar-refractivity contribution in [1.29, 1.82) is 0 Å². The predicted molar refractivity (Wildman–Crippen MR) is 135 cm³/mol. The summed E-state index contributed by atoms with van der Waals surface area (Å²) in [6.07, 6.45) is 4.24. The van der Waals surface area contributed by atoms with Crippen molar-refractivity contribution in [3.05, 3.63) is 114 Å². The maximum absolute atomic E-state index is 13.9. The van der Waals surface area contributed by atoms with E-state index in [2.05, 4.69) is 15.3 Å². The Morgan fingerprint density at radius 2 is 1.72 bits per heavy atom. The second-order valence-corrected chi connectivity index (χ2v) is 7.97. The number of nitrogens with one attached hydrogen (secondary N) is 1. The number of hydrogen-bond acceptors (Lipinski definition) is 5. The van der Waals surface area contributed by atoms with E-state index in [1.165, 1.54) is 47.8 Å². The third-order valence-electron chi connectivity index (χ3n) is 5.44. The van der Waals surface area contributed by atoms with Gasteiger partial charge in [0.25, 0.3) is 11.8 Å². The zero-order chi connectivity index (χ0) is 25.5. The first-order chi connectivity index (χ1) is 17.5. The van der Waals surface area contributed by atoms with Crippen LogP contribution in [0, 0.1) is 12.7 Å². The van der Waals surface area contributed by atoms with Gasteiger partial charge in [-0.3, -0.25) is 19.5 Å². The number of hydrogen-bond donors (Lipinski definition) is 1. The van der Waals surface area contributed by atoms with Crippen molar-refractivity contribution in [1.82, 2.24) is 9.97 Å². The van der Waals surface area contributed by atoms with Crippen LogP contribution in [0.5, 0.6) is 5.75 Å². The Labute approximate surface area is 208 Å². The Hall–Kier alpha value is -4.59. The average molecular weight is 485 g/mol. The number of rotatable bonds is 8. The molecule has 1 atom stereocenters. The summed E-state index contributed by atoms with van der Waals surface area (Å²) in [5.74, 6) is -0.988. The van der Waals surface area contributed by atoms with Gasteiger partial charge in [-0.15, -0.1) is 0 Å². The Morgan fingerprint density at radius 1 is 1.00 bits per heavy atom. The normalized spacial score (nSPS) is 11.4. The van der Waals surface area contributed by atoms with Crippen LogP contribution in [0.3, 0.4) is 0 Å². The van der Waals surface area contributed by atoms with Crippen molar-refractivity contribution >= 4 is 23.2 Å². The number of nitrogens with zero attached hydrogens (tertiary/aromatic N) is 3. The van der Waals surface area contributed by atoms with Crippen LogP contribution in [-0.4, -0.2) is 28.4 Å². The van der Waals surface area contributed by atoms with E-state index in [1.807, 2.05) is 26.0 Å². The Kier molecular flexibility index (Phi) is 7.65. The number of amides is 2. The van der Waals surface area contributed by atoms with Crippen LogP contribution < -0.4 is 15.0 Å². The van der Waals surface area contributed by atoms with Crippen LogP contribution in [0.4, 0.5) is 15.8 Å². The molecule has 0 spiro atoms. The van der Waals surface area contributed by atoms with Crippen molar-refractivity contribution in [3.8, 4) is 5.75 Å². The monoisotopic (exact) mass is 484 g/mol. The Morgan fingerprint density at radius 3 is 2.39 bits per heavy atom. The third-order valence-corrected chi connectivity index (χ3v) is 5.44. The highest BCUT2D eigenvalue weighted by Crippen LogP contribution is 2.35. The number of anilines is 2. The molecule has 0 radical (unpaired) electrons. The zero-order valence-corrected chi connectivity index (χ0v) is 19.9. The predicted octanol–water partition coefficient (Wildman–Crippen LogP) is 5.35. The summed E-state index contributed by atoms with van der Waals surface area (Å²) in [5.41, 5.74) is 2.42. The summed E-state index contributed by atoms with van der Waals surface area (Å²) in [5, 5.41) is 2.81. The number of benzene rings is 3. The molecule has 1 aromatic heterocycles. The van der Waals surface area contributed by atoms with Crippen LogP contribution in [-0.2, 0) is 4.79 Å². The first kappa shape index (κ1) is 24.5. The molecule has 4 rings (SSSR count). The molecule has 7 nitrogen and oxygen atoms in total. The standard InChI is InChI=1S/C28H25FN4O3/c1-3-36-25-7-5-4-6-23(25)26(27(34)32-21-12-10-20(29)11-13-21)33(22-14-8-19(2)9-15-22)28(35)24-18-30-16-17-31-24/h4-18,26H,3H2,1-2H3,(H,32,34). The minimum absolute atomic E-state index is 0.0755. The van der Waals surface area contributed by atoms with Crippen LogP contribution >= 0.6 is 0 Å². The quantitative estimate of drug-likeness (QED) is 0.365. The topological polar surface area (TPSA) is 84.4 Å². The summed E-state index contributed by atoms with van der Waals surface area (Å²) in [6, 6.07) is 18.6. The van der Waals surface area contributed by atoms with Gasteiger partial charge in [0.2, 0.25) is 0 Å². The van der Waals surface area contributed by atoms with Gasteiger partial charge >= 0.3 is 0 Å². The SMILES string of the molecule is CCOc1ccccc1C(C(=O)Nc1ccc(F)cc1)N(C(=O)c1cnccn1)c1ccc(C)cc1. The molecule has 0 saturated heterocycles. The van der Waals surface area contributed by atoms with E-state index < -0.39 is 23.7 Å². The van der Waals surface area contributed by atoms with Gasteiger partial charge in [0.15, 0.2) is 0 Å². The largest absolute Gasteiger partial charge is 0.493 e. The van der Waals surface area contributed by atoms with Crippen molar-refractivity contribution in [2.45, 2.75) is 19.9 Å². The number of halogens is 1. The fourth-order valence-corrected chi connectivity index (χ4v) is 3.76. The number of carbonyl (C=O) groups is 2. The van der Waals surface area contributed by atoms with Crippen LogP contribution in [0.2, 0.25) is 0 Å². The lowest BCUT2D eigenvalue weighted by Crippen LogP contribution is -2.42. The van der Waals surface area contributed by atoms with E-state index in [0.29, 0.717) is 29.3 Å². The lowest BCUT2D eigenvalue weighted by molar-refractivity contribution is -0.117. The van der Waals surface area contributed by atoms with E-state index in [4.69, 9.17) is 4.74 Å². The van der Waals surface area contributed by atoms with Gasteiger partial charge in [0.1, 0.15) is 23.3 Å². The highest BCUT2D eigenvalue weighted by Gasteiger charge is 2.36. The van der Waals surface area contributed by atoms with Crippen molar-refractivity contribution in [2.75, 3.05) is 16.8 Å². The maximum atomic E-state index is 13.9. The molecule has 0 aliphatic heterocycles. The summed E-state index contributed by atoms with van der Waals surface area (Å²) in [6.45, 7) is 4.14. The summed E-state index contributed by atoms with van der Waals surface area (Å²) in [4.78, 5) is 37.3. The minimum Gasteiger partial charge on any atom is -0.493 e. The lowest BCUT2D eigenvalue weighted by atomic mass is 10.0. The van der Waals surface area contributed by atoms with Crippen LogP contribution in [0.1, 0.15) is 34.6 Å². The minimum atomic E-state index is -1.14. The molecule has 0 saturated carbocycles. The average Bonchev–Trinajstić information content (AvgIpc) is 2.90. The summed E-state index contributed by atoms with van der Waals surface area (Å²) in [7, 11) is 0. The Bertz CT molecular complexity index is 1330. The van der Waals surface area contributed by atoms with E-state index >= 15 is 0 Å². The molecule has 36 heavy (non-hydrogen) atoms. The Balaban J connectivity index is 1.88. The number of ether oxygens (including phenoxy) is 1. The molecule has 3 aromatic carbocycles. The van der Waals surface area contributed by atoms with E-state index in [9.17, 15) is 14.0 Å². The molecule has 182 valence electrons. The molecule has 4 aromatic rings. The molecule has 1 unspecified atom stereocenters. The highest BCUT2D eigenvalue weighted by molar-refractivity contribution is 6.11. The molecule has 1 heterocycles. The van der Waals surface area contributed by atoms with Crippen LogP contribution in [0.15, 0.2) is 91.4 Å². The van der Waals surface area contributed by atoms with Crippen molar-refractivity contribution in [2.24, 2.45) is 0 Å². The fraction of sp³-hybridized carbons (Fsp3) is 0.143. The third kappa shape index (κ3) is 5.55. The molecule has 8 heteroatoms. The first-order valence-corrected chi connectivity index (χ1v) is 11.4. The van der Waals surface area contributed by atoms with Gasteiger partial charge < -0.3 is 10.1 Å². The lowest BCUT2D eigenvalue weighted by Gasteiger charge is -2.32. The van der Waals surface area contributed by atoms with Gasteiger partial charge in [-0.25, -0.2) is 9.37 Å². The van der Waals surface area contributed by atoms with E-state index in [1.54, 1.807) is 36.4 Å². The van der Waals surface area contributed by atoms with E-state index in [-0.39, 0.29) is 5.69 Å². The van der Waals surface area contributed by atoms with Crippen LogP contribution in [0.25, 0.3) is 0 Å².